The van der Waals surface area contributed by atoms with E-state index in [4.69, 9.17) is 23.2 Å². The average Bonchev–Trinajstić information content (AvgIpc) is 3.42. The Balaban J connectivity index is 1.67. The average molecular weight is 405 g/mol. The summed E-state index contributed by atoms with van der Waals surface area (Å²) in [5, 5.41) is 3.33. The zero-order valence-electron chi connectivity index (χ0n) is 14.7. The second-order valence-electron chi connectivity index (χ2n) is 6.50. The number of benzene rings is 1. The minimum absolute atomic E-state index is 0.0786. The third-order valence-electron chi connectivity index (χ3n) is 4.57. The molecular formula is C20H18Cl2N2O3. The van der Waals surface area contributed by atoms with Crippen LogP contribution in [0.15, 0.2) is 36.5 Å². The van der Waals surface area contributed by atoms with Crippen molar-refractivity contribution in [2.24, 2.45) is 11.8 Å². The summed E-state index contributed by atoms with van der Waals surface area (Å²) < 4.78 is 0. The second-order valence-corrected chi connectivity index (χ2v) is 7.32. The smallest absolute Gasteiger partial charge is 0.229 e. The first-order valence-electron chi connectivity index (χ1n) is 8.66. The number of carbonyl (C=O) groups is 3. The molecule has 1 N–H and O–H groups in total. The summed E-state index contributed by atoms with van der Waals surface area (Å²) in [6, 6.07) is 8.24. The number of ketones is 2. The van der Waals surface area contributed by atoms with Crippen LogP contribution in [0.25, 0.3) is 0 Å². The van der Waals surface area contributed by atoms with E-state index in [0.29, 0.717) is 34.3 Å². The van der Waals surface area contributed by atoms with Crippen molar-refractivity contribution in [2.75, 3.05) is 5.32 Å². The molecule has 0 radical (unpaired) electrons. The maximum Gasteiger partial charge on any atom is 0.229 e. The Labute approximate surface area is 167 Å². The Morgan fingerprint density at radius 3 is 2.52 bits per heavy atom. The lowest BCUT2D eigenvalue weighted by molar-refractivity contribution is -0.123. The van der Waals surface area contributed by atoms with Crippen LogP contribution in [0.2, 0.25) is 10.0 Å². The van der Waals surface area contributed by atoms with Crippen LogP contribution in [0.1, 0.15) is 35.7 Å². The Morgan fingerprint density at radius 1 is 1.15 bits per heavy atom. The quantitative estimate of drug-likeness (QED) is 0.695. The zero-order chi connectivity index (χ0) is 19.6. The van der Waals surface area contributed by atoms with Gasteiger partial charge in [0, 0.05) is 30.9 Å². The molecule has 0 aliphatic heterocycles. The van der Waals surface area contributed by atoms with Crippen molar-refractivity contribution in [2.45, 2.75) is 26.2 Å². The van der Waals surface area contributed by atoms with Crippen molar-refractivity contribution in [3.05, 3.63) is 57.7 Å². The van der Waals surface area contributed by atoms with Gasteiger partial charge < -0.3 is 5.32 Å². The third kappa shape index (κ3) is 4.54. The number of nitrogens with zero attached hydrogens (tertiary/aromatic N) is 1. The molecule has 1 heterocycles. The van der Waals surface area contributed by atoms with Crippen LogP contribution >= 0.6 is 23.2 Å². The van der Waals surface area contributed by atoms with Gasteiger partial charge in [-0.2, -0.15) is 0 Å². The highest BCUT2D eigenvalue weighted by atomic mass is 35.5. The van der Waals surface area contributed by atoms with E-state index in [1.807, 2.05) is 0 Å². The summed E-state index contributed by atoms with van der Waals surface area (Å²) in [4.78, 5) is 40.6. The Bertz CT molecular complexity index is 894. The summed E-state index contributed by atoms with van der Waals surface area (Å²) in [5.41, 5.74) is 0.959. The van der Waals surface area contributed by atoms with Crippen molar-refractivity contribution in [1.29, 1.82) is 0 Å². The van der Waals surface area contributed by atoms with Gasteiger partial charge in [-0.25, -0.2) is 4.98 Å². The van der Waals surface area contributed by atoms with Gasteiger partial charge in [-0.1, -0.05) is 36.2 Å². The molecule has 0 saturated heterocycles. The summed E-state index contributed by atoms with van der Waals surface area (Å²) in [7, 11) is 0. The normalized spacial score (nSPS) is 18.0. The first kappa shape index (κ1) is 19.5. The maximum absolute atomic E-state index is 12.5. The van der Waals surface area contributed by atoms with Crippen LogP contribution in [0.5, 0.6) is 0 Å². The fourth-order valence-electron chi connectivity index (χ4n) is 3.01. The first-order valence-corrected chi connectivity index (χ1v) is 9.42. The molecule has 2 atom stereocenters. The Kier molecular flexibility index (Phi) is 5.92. The molecule has 7 heteroatoms. The fraction of sp³-hybridized carbons (Fsp3) is 0.300. The molecule has 0 spiro atoms. The lowest BCUT2D eigenvalue weighted by atomic mass is 10.0. The molecule has 0 unspecified atom stereocenters. The third-order valence-corrected chi connectivity index (χ3v) is 5.20. The minimum Gasteiger partial charge on any atom is -0.310 e. The van der Waals surface area contributed by atoms with Crippen LogP contribution in [-0.4, -0.2) is 22.5 Å². The van der Waals surface area contributed by atoms with Gasteiger partial charge in [0.2, 0.25) is 5.91 Å². The van der Waals surface area contributed by atoms with Gasteiger partial charge in [-0.3, -0.25) is 14.4 Å². The first-order chi connectivity index (χ1) is 12.9. The molecule has 1 saturated carbocycles. The van der Waals surface area contributed by atoms with Crippen molar-refractivity contribution in [3.8, 4) is 0 Å². The molecule has 3 rings (SSSR count). The number of anilines is 1. The summed E-state index contributed by atoms with van der Waals surface area (Å²) in [6.07, 6.45) is 2.62. The molecule has 140 valence electrons. The van der Waals surface area contributed by atoms with Gasteiger partial charge in [0.1, 0.15) is 11.6 Å². The minimum atomic E-state index is -0.286. The predicted molar refractivity (Wildman–Crippen MR) is 104 cm³/mol. The molecule has 1 aromatic heterocycles. The summed E-state index contributed by atoms with van der Waals surface area (Å²) in [6.45, 7) is 1.79. The SMILES string of the molecule is CCC(=O)[C@@H]1C[C@H]1C(=O)Nc1cc(CC(=O)c2c(Cl)cccc2Cl)ccn1. The highest BCUT2D eigenvalue weighted by Crippen LogP contribution is 2.40. The van der Waals surface area contributed by atoms with Gasteiger partial charge >= 0.3 is 0 Å². The number of aromatic nitrogens is 1. The molecule has 0 bridgehead atoms. The van der Waals surface area contributed by atoms with E-state index in [2.05, 4.69) is 10.3 Å². The number of Topliss-reactive ketones (excluding diaryl/α,β-unsaturated/α-hetero) is 2. The molecule has 5 nitrogen and oxygen atoms in total. The lowest BCUT2D eigenvalue weighted by Crippen LogP contribution is -2.17. The molecule has 1 aliphatic rings. The van der Waals surface area contributed by atoms with Crippen LogP contribution in [-0.2, 0) is 16.0 Å². The van der Waals surface area contributed by atoms with E-state index in [-0.39, 0.29) is 41.3 Å². The number of pyridine rings is 1. The number of rotatable bonds is 7. The molecular weight excluding hydrogens is 387 g/mol. The van der Waals surface area contributed by atoms with Gasteiger partial charge in [-0.05, 0) is 36.2 Å². The van der Waals surface area contributed by atoms with Crippen LogP contribution < -0.4 is 5.32 Å². The topological polar surface area (TPSA) is 76.1 Å². The number of nitrogens with one attached hydrogen (secondary N) is 1. The van der Waals surface area contributed by atoms with Crippen LogP contribution in [0.3, 0.4) is 0 Å². The van der Waals surface area contributed by atoms with E-state index in [0.717, 1.165) is 0 Å². The summed E-state index contributed by atoms with van der Waals surface area (Å²) >= 11 is 12.2. The van der Waals surface area contributed by atoms with Crippen LogP contribution in [0, 0.1) is 11.8 Å². The fourth-order valence-corrected chi connectivity index (χ4v) is 3.62. The van der Waals surface area contributed by atoms with E-state index < -0.39 is 0 Å². The monoisotopic (exact) mass is 404 g/mol. The van der Waals surface area contributed by atoms with E-state index in [9.17, 15) is 14.4 Å². The van der Waals surface area contributed by atoms with Gasteiger partial charge in [0.25, 0.3) is 0 Å². The predicted octanol–water partition coefficient (Wildman–Crippen LogP) is 4.37. The number of carbonyl (C=O) groups excluding carboxylic acids is 3. The second kappa shape index (κ2) is 8.19. The van der Waals surface area contributed by atoms with Gasteiger partial charge in [0.15, 0.2) is 5.78 Å². The molecule has 1 fully saturated rings. The van der Waals surface area contributed by atoms with Gasteiger partial charge in [0.05, 0.1) is 15.6 Å². The van der Waals surface area contributed by atoms with Crippen molar-refractivity contribution in [1.82, 2.24) is 4.98 Å². The molecule has 27 heavy (non-hydrogen) atoms. The van der Waals surface area contributed by atoms with Crippen molar-refractivity contribution >= 4 is 46.5 Å². The zero-order valence-corrected chi connectivity index (χ0v) is 16.2. The number of hydrogen-bond acceptors (Lipinski definition) is 4. The van der Waals surface area contributed by atoms with Crippen molar-refractivity contribution in [3.63, 3.8) is 0 Å². The highest BCUT2D eigenvalue weighted by Gasteiger charge is 2.46. The van der Waals surface area contributed by atoms with Gasteiger partial charge in [-0.15, -0.1) is 0 Å². The highest BCUT2D eigenvalue weighted by molar-refractivity contribution is 6.39. The van der Waals surface area contributed by atoms with E-state index in [1.54, 1.807) is 37.3 Å². The van der Waals surface area contributed by atoms with Crippen molar-refractivity contribution < 1.29 is 14.4 Å². The molecule has 2 aromatic rings. The number of amides is 1. The molecule has 1 aromatic carbocycles. The molecule has 1 aliphatic carbocycles. The standard InChI is InChI=1S/C20H18Cl2N2O3/c1-2-16(25)12-10-13(12)20(27)24-18-9-11(6-7-23-18)8-17(26)19-14(21)4-3-5-15(19)22/h3-7,9,12-13H,2,8,10H2,1H3,(H,23,24,27)/t12-,13-/m1/s1. The Morgan fingerprint density at radius 2 is 1.85 bits per heavy atom. The largest absolute Gasteiger partial charge is 0.310 e. The van der Waals surface area contributed by atoms with E-state index in [1.165, 1.54) is 6.20 Å². The Hall–Kier alpha value is -2.24. The number of hydrogen-bond donors (Lipinski definition) is 1. The van der Waals surface area contributed by atoms with E-state index >= 15 is 0 Å². The maximum atomic E-state index is 12.5. The molecule has 1 amide bonds. The van der Waals surface area contributed by atoms with Crippen LogP contribution in [0.4, 0.5) is 5.82 Å². The summed E-state index contributed by atoms with van der Waals surface area (Å²) in [5.74, 6) is -0.436. The lowest BCUT2D eigenvalue weighted by Gasteiger charge is -2.08. The number of halogens is 2.